The van der Waals surface area contributed by atoms with Gasteiger partial charge in [0.05, 0.1) is 6.04 Å². The van der Waals surface area contributed by atoms with Crippen LogP contribution in [0.5, 0.6) is 0 Å². The molecule has 1 aliphatic carbocycles. The van der Waals surface area contributed by atoms with Crippen LogP contribution < -0.4 is 10.9 Å². The molecule has 5 nitrogen and oxygen atoms in total. The Bertz CT molecular complexity index is 569. The summed E-state index contributed by atoms with van der Waals surface area (Å²) in [6.45, 7) is -2.09. The Morgan fingerprint density at radius 3 is 2.90 bits per heavy atom. The fraction of sp³-hybridized carbons (Fsp3) is 0.538. The van der Waals surface area contributed by atoms with Crippen molar-refractivity contribution < 1.29 is 22.7 Å². The second kappa shape index (κ2) is 6.30. The van der Waals surface area contributed by atoms with Crippen molar-refractivity contribution in [3.05, 3.63) is 33.7 Å². The number of hydrogen-bond donors (Lipinski definition) is 2. The minimum Gasteiger partial charge on any atom is -0.362 e. The zero-order chi connectivity index (χ0) is 15.5. The van der Waals surface area contributed by atoms with Gasteiger partial charge in [0.25, 0.3) is 0 Å². The van der Waals surface area contributed by atoms with E-state index in [4.69, 9.17) is 0 Å². The van der Waals surface area contributed by atoms with Gasteiger partial charge in [0.1, 0.15) is 13.2 Å². The first kappa shape index (κ1) is 15.6. The van der Waals surface area contributed by atoms with Gasteiger partial charge in [-0.05, 0) is 30.9 Å². The van der Waals surface area contributed by atoms with Gasteiger partial charge in [-0.3, -0.25) is 9.59 Å². The minimum absolute atomic E-state index is 0.214. The lowest BCUT2D eigenvalue weighted by Gasteiger charge is -2.25. The number of fused-ring (bicyclic) bond motifs is 1. The molecule has 1 atom stereocenters. The van der Waals surface area contributed by atoms with E-state index in [-0.39, 0.29) is 11.6 Å². The fourth-order valence-electron chi connectivity index (χ4n) is 2.35. The highest BCUT2D eigenvalue weighted by molar-refractivity contribution is 5.77. The van der Waals surface area contributed by atoms with E-state index in [1.165, 1.54) is 6.07 Å². The van der Waals surface area contributed by atoms with Crippen LogP contribution in [0.15, 0.2) is 16.9 Å². The molecular weight excluding hydrogens is 289 g/mol. The van der Waals surface area contributed by atoms with Crippen molar-refractivity contribution >= 4 is 5.91 Å². The first-order valence-corrected chi connectivity index (χ1v) is 6.51. The summed E-state index contributed by atoms with van der Waals surface area (Å²) in [6.07, 6.45) is -2.29. The molecule has 1 aromatic heterocycles. The van der Waals surface area contributed by atoms with Crippen molar-refractivity contribution in [3.63, 3.8) is 0 Å². The third-order valence-corrected chi connectivity index (χ3v) is 3.17. The smallest absolute Gasteiger partial charge is 0.362 e. The van der Waals surface area contributed by atoms with E-state index in [1.807, 2.05) is 0 Å². The van der Waals surface area contributed by atoms with Crippen LogP contribution in [-0.4, -0.2) is 30.3 Å². The van der Waals surface area contributed by atoms with Crippen molar-refractivity contribution in [3.8, 4) is 0 Å². The standard InChI is InChI=1S/C13H15F3N2O3/c14-13(15,16)7-21-6-12(20)18-10-3-1-2-9-8(10)4-5-11(19)17-9/h4-5,10H,1-3,6-7H2,(H,17,19)(H,18,20). The maximum atomic E-state index is 11.9. The quantitative estimate of drug-likeness (QED) is 0.884. The molecule has 116 valence electrons. The van der Waals surface area contributed by atoms with Crippen LogP contribution in [0.4, 0.5) is 13.2 Å². The monoisotopic (exact) mass is 304 g/mol. The largest absolute Gasteiger partial charge is 0.411 e. The van der Waals surface area contributed by atoms with Crippen LogP contribution in [-0.2, 0) is 16.0 Å². The van der Waals surface area contributed by atoms with Gasteiger partial charge >= 0.3 is 6.18 Å². The molecule has 2 rings (SSSR count). The molecule has 1 unspecified atom stereocenters. The van der Waals surface area contributed by atoms with E-state index in [9.17, 15) is 22.8 Å². The second-order valence-corrected chi connectivity index (χ2v) is 4.88. The number of nitrogens with one attached hydrogen (secondary N) is 2. The maximum Gasteiger partial charge on any atom is 0.411 e. The van der Waals surface area contributed by atoms with E-state index in [0.29, 0.717) is 12.8 Å². The Labute approximate surface area is 118 Å². The molecule has 1 aliphatic rings. The predicted octanol–water partition coefficient (Wildman–Crippen LogP) is 1.45. The molecule has 2 N–H and O–H groups in total. The number of ether oxygens (including phenoxy) is 1. The van der Waals surface area contributed by atoms with E-state index >= 15 is 0 Å². The van der Waals surface area contributed by atoms with Crippen molar-refractivity contribution in [2.24, 2.45) is 0 Å². The summed E-state index contributed by atoms with van der Waals surface area (Å²) < 4.78 is 40.0. The number of pyridine rings is 1. The number of alkyl halides is 3. The minimum atomic E-state index is -4.45. The van der Waals surface area contributed by atoms with Gasteiger partial charge in [0, 0.05) is 11.8 Å². The third kappa shape index (κ3) is 4.59. The maximum absolute atomic E-state index is 11.9. The first-order valence-electron chi connectivity index (χ1n) is 6.51. The van der Waals surface area contributed by atoms with E-state index < -0.39 is 25.3 Å². The highest BCUT2D eigenvalue weighted by Crippen LogP contribution is 2.27. The van der Waals surface area contributed by atoms with Crippen LogP contribution in [0.1, 0.15) is 30.1 Å². The molecule has 0 spiro atoms. The summed E-state index contributed by atoms with van der Waals surface area (Å²) in [5, 5.41) is 2.63. The van der Waals surface area contributed by atoms with E-state index in [1.54, 1.807) is 6.07 Å². The van der Waals surface area contributed by atoms with Crippen LogP contribution in [0.25, 0.3) is 0 Å². The van der Waals surface area contributed by atoms with E-state index in [0.717, 1.165) is 17.7 Å². The Morgan fingerprint density at radius 1 is 1.43 bits per heavy atom. The van der Waals surface area contributed by atoms with Gasteiger partial charge in [-0.2, -0.15) is 13.2 Å². The average Bonchev–Trinajstić information content (AvgIpc) is 2.37. The lowest BCUT2D eigenvalue weighted by atomic mass is 9.91. The predicted molar refractivity (Wildman–Crippen MR) is 67.8 cm³/mol. The van der Waals surface area contributed by atoms with Gasteiger partial charge in [-0.15, -0.1) is 0 Å². The molecule has 0 bridgehead atoms. The molecule has 1 amide bonds. The summed E-state index contributed by atoms with van der Waals surface area (Å²) in [7, 11) is 0. The number of aromatic nitrogens is 1. The highest BCUT2D eigenvalue weighted by atomic mass is 19.4. The number of aromatic amines is 1. The molecule has 0 saturated heterocycles. The molecule has 0 radical (unpaired) electrons. The molecule has 0 aliphatic heterocycles. The molecular formula is C13H15F3N2O3. The summed E-state index contributed by atoms with van der Waals surface area (Å²) in [5.41, 5.74) is 1.34. The van der Waals surface area contributed by atoms with Crippen LogP contribution >= 0.6 is 0 Å². The first-order chi connectivity index (χ1) is 9.85. The number of amides is 1. The van der Waals surface area contributed by atoms with Crippen molar-refractivity contribution in [1.29, 1.82) is 0 Å². The van der Waals surface area contributed by atoms with E-state index in [2.05, 4.69) is 15.0 Å². The highest BCUT2D eigenvalue weighted by Gasteiger charge is 2.28. The van der Waals surface area contributed by atoms with Gasteiger partial charge in [0.15, 0.2) is 0 Å². The molecule has 8 heteroatoms. The van der Waals surface area contributed by atoms with Crippen LogP contribution in [0, 0.1) is 0 Å². The van der Waals surface area contributed by atoms with Gasteiger partial charge in [-0.1, -0.05) is 0 Å². The zero-order valence-corrected chi connectivity index (χ0v) is 11.1. The van der Waals surface area contributed by atoms with Crippen LogP contribution in [0.2, 0.25) is 0 Å². The number of H-pyrrole nitrogens is 1. The van der Waals surface area contributed by atoms with Crippen molar-refractivity contribution in [1.82, 2.24) is 10.3 Å². The zero-order valence-electron chi connectivity index (χ0n) is 11.1. The van der Waals surface area contributed by atoms with Gasteiger partial charge < -0.3 is 15.0 Å². The number of halogens is 3. The number of aryl methyl sites for hydroxylation is 1. The average molecular weight is 304 g/mol. The summed E-state index contributed by atoms with van der Waals surface area (Å²) in [6, 6.07) is 2.69. The van der Waals surface area contributed by atoms with Crippen molar-refractivity contribution in [2.75, 3.05) is 13.2 Å². The molecule has 21 heavy (non-hydrogen) atoms. The number of hydrogen-bond acceptors (Lipinski definition) is 3. The fourth-order valence-corrected chi connectivity index (χ4v) is 2.35. The Morgan fingerprint density at radius 2 is 2.19 bits per heavy atom. The Hall–Kier alpha value is -1.83. The third-order valence-electron chi connectivity index (χ3n) is 3.17. The molecule has 0 saturated carbocycles. The Kier molecular flexibility index (Phi) is 4.66. The lowest BCUT2D eigenvalue weighted by Crippen LogP contribution is -2.35. The summed E-state index contributed by atoms with van der Waals surface area (Å²) >= 11 is 0. The summed E-state index contributed by atoms with van der Waals surface area (Å²) in [5.74, 6) is -0.608. The molecule has 0 fully saturated rings. The van der Waals surface area contributed by atoms with Gasteiger partial charge in [-0.25, -0.2) is 0 Å². The normalized spacial score (nSPS) is 18.1. The molecule has 1 heterocycles. The van der Waals surface area contributed by atoms with Crippen LogP contribution in [0.3, 0.4) is 0 Å². The number of carbonyl (C=O) groups excluding carboxylic acids is 1. The second-order valence-electron chi connectivity index (χ2n) is 4.88. The number of rotatable bonds is 4. The van der Waals surface area contributed by atoms with Crippen molar-refractivity contribution in [2.45, 2.75) is 31.5 Å². The SMILES string of the molecule is O=C(COCC(F)(F)F)NC1CCCc2[nH]c(=O)ccc21. The number of carbonyl (C=O) groups is 1. The topological polar surface area (TPSA) is 71.2 Å². The lowest BCUT2D eigenvalue weighted by molar-refractivity contribution is -0.175. The Balaban J connectivity index is 1.92. The molecule has 0 aromatic carbocycles. The van der Waals surface area contributed by atoms with Gasteiger partial charge in [0.2, 0.25) is 11.5 Å². The summed E-state index contributed by atoms with van der Waals surface area (Å²) in [4.78, 5) is 25.5. The molecule has 1 aromatic rings.